The summed E-state index contributed by atoms with van der Waals surface area (Å²) in [5.74, 6) is 0.136. The van der Waals surface area contributed by atoms with E-state index in [0.717, 1.165) is 27.7 Å². The zero-order chi connectivity index (χ0) is 25.8. The van der Waals surface area contributed by atoms with Gasteiger partial charge >= 0.3 is 5.97 Å². The predicted molar refractivity (Wildman–Crippen MR) is 139 cm³/mol. The van der Waals surface area contributed by atoms with E-state index in [0.29, 0.717) is 5.82 Å². The van der Waals surface area contributed by atoms with Crippen molar-refractivity contribution in [3.63, 3.8) is 0 Å². The minimum Gasteiger partial charge on any atom is -0.485 e. The van der Waals surface area contributed by atoms with Gasteiger partial charge in [-0.05, 0) is 57.0 Å². The van der Waals surface area contributed by atoms with Crippen LogP contribution in [0.3, 0.4) is 0 Å². The second-order valence-corrected chi connectivity index (χ2v) is 8.70. The molecule has 0 aliphatic carbocycles. The van der Waals surface area contributed by atoms with E-state index in [4.69, 9.17) is 9.47 Å². The molecular weight excluding hydrogens is 460 g/mol. The quantitative estimate of drug-likeness (QED) is 0.255. The monoisotopic (exact) mass is 488 g/mol. The van der Waals surface area contributed by atoms with Gasteiger partial charge in [0.15, 0.2) is 5.75 Å². The van der Waals surface area contributed by atoms with Gasteiger partial charge in [0.25, 0.3) is 10.9 Å². The third-order valence-corrected chi connectivity index (χ3v) is 5.64. The standard InChI is InChI=1S/C27H28N4O5/c1-5-35-27(34)20(31-22-23(32)24(33)25(22)36-15(2)3)13-17-9-11-18(12-10-17)30-26-21-16(4)7-6-8-19(21)28-14-29-26/h6-12,14-15,20,31H,5,13H2,1-4H3,(H,28,29,30)/t20-/m0/s1. The fraction of sp³-hybridized carbons (Fsp3) is 0.296. The summed E-state index contributed by atoms with van der Waals surface area (Å²) in [5, 5.41) is 7.16. The second kappa shape index (κ2) is 10.6. The molecule has 4 rings (SSSR count). The Kier molecular flexibility index (Phi) is 7.28. The molecule has 186 valence electrons. The van der Waals surface area contributed by atoms with Gasteiger partial charge in [0.05, 0.1) is 18.2 Å². The van der Waals surface area contributed by atoms with Crippen LogP contribution in [0.2, 0.25) is 0 Å². The van der Waals surface area contributed by atoms with Crippen LogP contribution in [0, 0.1) is 6.92 Å². The van der Waals surface area contributed by atoms with Crippen LogP contribution in [-0.2, 0) is 16.0 Å². The Balaban J connectivity index is 1.53. The van der Waals surface area contributed by atoms with E-state index in [1.54, 1.807) is 20.8 Å². The van der Waals surface area contributed by atoms with Crippen molar-refractivity contribution < 1.29 is 14.3 Å². The van der Waals surface area contributed by atoms with Gasteiger partial charge in [-0.1, -0.05) is 24.3 Å². The molecule has 1 atom stereocenters. The molecule has 0 aliphatic rings. The first kappa shape index (κ1) is 24.8. The zero-order valence-electron chi connectivity index (χ0n) is 20.6. The van der Waals surface area contributed by atoms with E-state index < -0.39 is 22.9 Å². The molecule has 0 saturated heterocycles. The summed E-state index contributed by atoms with van der Waals surface area (Å²) >= 11 is 0. The number of nitrogens with zero attached hydrogens (tertiary/aromatic N) is 2. The van der Waals surface area contributed by atoms with E-state index in [1.807, 2.05) is 49.4 Å². The average Bonchev–Trinajstić information content (AvgIpc) is 2.86. The first-order valence-electron chi connectivity index (χ1n) is 11.8. The Labute approximate surface area is 208 Å². The van der Waals surface area contributed by atoms with Crippen LogP contribution >= 0.6 is 0 Å². The molecule has 0 aliphatic heterocycles. The number of anilines is 3. The van der Waals surface area contributed by atoms with Gasteiger partial charge in [0, 0.05) is 17.5 Å². The van der Waals surface area contributed by atoms with Gasteiger partial charge < -0.3 is 20.1 Å². The number of rotatable bonds is 10. The number of esters is 1. The lowest BCUT2D eigenvalue weighted by molar-refractivity contribution is -0.144. The third-order valence-electron chi connectivity index (χ3n) is 5.64. The summed E-state index contributed by atoms with van der Waals surface area (Å²) in [5.41, 5.74) is 2.18. The highest BCUT2D eigenvalue weighted by Crippen LogP contribution is 2.26. The number of benzene rings is 2. The van der Waals surface area contributed by atoms with Crippen LogP contribution < -0.4 is 26.2 Å². The average molecular weight is 489 g/mol. The maximum atomic E-state index is 12.6. The summed E-state index contributed by atoms with van der Waals surface area (Å²) in [4.78, 5) is 45.4. The van der Waals surface area contributed by atoms with Gasteiger partial charge in [-0.25, -0.2) is 14.8 Å². The molecule has 0 spiro atoms. The minimum absolute atomic E-state index is 0.0102. The Bertz CT molecular complexity index is 1450. The molecule has 3 aromatic carbocycles. The lowest BCUT2D eigenvalue weighted by Gasteiger charge is -2.22. The molecule has 36 heavy (non-hydrogen) atoms. The van der Waals surface area contributed by atoms with Crippen LogP contribution in [0.15, 0.2) is 58.4 Å². The lowest BCUT2D eigenvalue weighted by atomic mass is 10.0. The number of carbonyl (C=O) groups excluding carboxylic acids is 1. The van der Waals surface area contributed by atoms with Crippen molar-refractivity contribution in [2.24, 2.45) is 0 Å². The third kappa shape index (κ3) is 5.19. The molecule has 0 fully saturated rings. The number of fused-ring (bicyclic) bond motifs is 1. The van der Waals surface area contributed by atoms with Crippen molar-refractivity contribution in [3.8, 4) is 5.75 Å². The Morgan fingerprint density at radius 3 is 2.47 bits per heavy atom. The molecule has 0 radical (unpaired) electrons. The Hall–Kier alpha value is -4.27. The number of carbonyl (C=O) groups is 1. The maximum absolute atomic E-state index is 12.6. The number of aryl methyl sites for hydroxylation is 1. The van der Waals surface area contributed by atoms with E-state index in [9.17, 15) is 14.4 Å². The zero-order valence-corrected chi connectivity index (χ0v) is 20.6. The van der Waals surface area contributed by atoms with Gasteiger partial charge in [-0.15, -0.1) is 0 Å². The van der Waals surface area contributed by atoms with Crippen molar-refractivity contribution in [3.05, 3.63) is 80.4 Å². The molecule has 2 N–H and O–H groups in total. The second-order valence-electron chi connectivity index (χ2n) is 8.70. The summed E-state index contributed by atoms with van der Waals surface area (Å²) in [7, 11) is 0. The highest BCUT2D eigenvalue weighted by molar-refractivity contribution is 5.93. The number of aromatic nitrogens is 2. The number of hydrogen-bond donors (Lipinski definition) is 2. The number of ether oxygens (including phenoxy) is 2. The molecule has 0 bridgehead atoms. The summed E-state index contributed by atoms with van der Waals surface area (Å²) < 4.78 is 10.7. The first-order chi connectivity index (χ1) is 17.3. The van der Waals surface area contributed by atoms with Crippen LogP contribution in [-0.4, -0.2) is 34.7 Å². The van der Waals surface area contributed by atoms with Crippen LogP contribution in [0.25, 0.3) is 10.9 Å². The summed E-state index contributed by atoms with van der Waals surface area (Å²) in [6.45, 7) is 7.41. The molecule has 0 unspecified atom stereocenters. The fourth-order valence-electron chi connectivity index (χ4n) is 3.93. The SMILES string of the molecule is CCOC(=O)[C@H](Cc1ccc(Nc2ncnc3cccc(C)c23)cc1)Nc1c(OC(C)C)c(=O)c1=O. The topological polar surface area (TPSA) is 120 Å². The number of nitrogens with one attached hydrogen (secondary N) is 2. The largest absolute Gasteiger partial charge is 0.485 e. The van der Waals surface area contributed by atoms with Crippen molar-refractivity contribution in [2.45, 2.75) is 46.3 Å². The van der Waals surface area contributed by atoms with E-state index in [1.165, 1.54) is 6.33 Å². The highest BCUT2D eigenvalue weighted by atomic mass is 16.5. The molecule has 9 heteroatoms. The normalized spacial score (nSPS) is 12.0. The molecule has 1 aromatic heterocycles. The predicted octanol–water partition coefficient (Wildman–Crippen LogP) is 3.65. The van der Waals surface area contributed by atoms with Gasteiger partial charge in [-0.2, -0.15) is 0 Å². The van der Waals surface area contributed by atoms with E-state index >= 15 is 0 Å². The molecule has 9 nitrogen and oxygen atoms in total. The minimum atomic E-state index is -0.866. The molecule has 4 aromatic rings. The van der Waals surface area contributed by atoms with E-state index in [2.05, 4.69) is 20.6 Å². The van der Waals surface area contributed by atoms with Crippen LogP contribution in [0.4, 0.5) is 17.2 Å². The van der Waals surface area contributed by atoms with Gasteiger partial charge in [-0.3, -0.25) is 9.59 Å². The Morgan fingerprint density at radius 2 is 1.78 bits per heavy atom. The highest BCUT2D eigenvalue weighted by Gasteiger charge is 2.29. The van der Waals surface area contributed by atoms with Crippen molar-refractivity contribution >= 4 is 34.1 Å². The Morgan fingerprint density at radius 1 is 1.03 bits per heavy atom. The van der Waals surface area contributed by atoms with Crippen molar-refractivity contribution in [1.29, 1.82) is 0 Å². The molecule has 1 heterocycles. The summed E-state index contributed by atoms with van der Waals surface area (Å²) in [6.07, 6.45) is 1.48. The fourth-order valence-corrected chi connectivity index (χ4v) is 3.93. The van der Waals surface area contributed by atoms with Gasteiger partial charge in [0.2, 0.25) is 0 Å². The lowest BCUT2D eigenvalue weighted by Crippen LogP contribution is -2.42. The smallest absolute Gasteiger partial charge is 0.328 e. The van der Waals surface area contributed by atoms with Crippen LogP contribution in [0.1, 0.15) is 31.9 Å². The van der Waals surface area contributed by atoms with Crippen molar-refractivity contribution in [2.75, 3.05) is 17.2 Å². The van der Waals surface area contributed by atoms with E-state index in [-0.39, 0.29) is 30.6 Å². The van der Waals surface area contributed by atoms with Crippen molar-refractivity contribution in [1.82, 2.24) is 9.97 Å². The molecule has 0 saturated carbocycles. The maximum Gasteiger partial charge on any atom is 0.328 e. The van der Waals surface area contributed by atoms with Crippen LogP contribution in [0.5, 0.6) is 5.75 Å². The first-order valence-corrected chi connectivity index (χ1v) is 11.8. The molecular formula is C27H28N4O5. The van der Waals surface area contributed by atoms with Gasteiger partial charge in [0.1, 0.15) is 23.9 Å². The summed E-state index contributed by atoms with van der Waals surface area (Å²) in [6, 6.07) is 12.6. The number of hydrogen-bond acceptors (Lipinski definition) is 9. The molecule has 0 amide bonds.